The molecule has 0 amide bonds. The van der Waals surface area contributed by atoms with Crippen LogP contribution in [0, 0.1) is 0 Å². The number of halogens is 2. The SMILES string of the molecule is COc1c(C2=CC=CCC2)ccc(Cl)c1Cl. The zero-order valence-electron chi connectivity index (χ0n) is 8.97. The largest absolute Gasteiger partial charge is 0.494 e. The summed E-state index contributed by atoms with van der Waals surface area (Å²) < 4.78 is 5.33. The smallest absolute Gasteiger partial charge is 0.146 e. The van der Waals surface area contributed by atoms with Crippen LogP contribution in [0.4, 0.5) is 0 Å². The van der Waals surface area contributed by atoms with Gasteiger partial charge in [0, 0.05) is 5.56 Å². The van der Waals surface area contributed by atoms with Gasteiger partial charge in [-0.1, -0.05) is 41.4 Å². The minimum atomic E-state index is 0.483. The van der Waals surface area contributed by atoms with Gasteiger partial charge in [0.1, 0.15) is 10.8 Å². The van der Waals surface area contributed by atoms with Crippen molar-refractivity contribution in [3.8, 4) is 5.75 Å². The molecule has 84 valence electrons. The highest BCUT2D eigenvalue weighted by Crippen LogP contribution is 2.39. The predicted molar refractivity (Wildman–Crippen MR) is 69.4 cm³/mol. The molecule has 1 nitrogen and oxygen atoms in total. The summed E-state index contributed by atoms with van der Waals surface area (Å²) in [5, 5.41) is 1.01. The zero-order chi connectivity index (χ0) is 11.5. The van der Waals surface area contributed by atoms with Gasteiger partial charge in [-0.05, 0) is 30.5 Å². The van der Waals surface area contributed by atoms with Gasteiger partial charge in [-0.25, -0.2) is 0 Å². The second-order valence-electron chi connectivity index (χ2n) is 3.60. The van der Waals surface area contributed by atoms with E-state index >= 15 is 0 Å². The Hall–Kier alpha value is -0.920. The van der Waals surface area contributed by atoms with Crippen molar-refractivity contribution in [2.24, 2.45) is 0 Å². The van der Waals surface area contributed by atoms with Crippen LogP contribution >= 0.6 is 23.2 Å². The van der Waals surface area contributed by atoms with Crippen molar-refractivity contribution in [1.29, 1.82) is 0 Å². The predicted octanol–water partition coefficient (Wildman–Crippen LogP) is 4.74. The molecule has 1 aliphatic rings. The average molecular weight is 255 g/mol. The van der Waals surface area contributed by atoms with Crippen LogP contribution in [-0.4, -0.2) is 7.11 Å². The highest BCUT2D eigenvalue weighted by molar-refractivity contribution is 6.43. The summed E-state index contributed by atoms with van der Waals surface area (Å²) in [5.74, 6) is 0.663. The monoisotopic (exact) mass is 254 g/mol. The van der Waals surface area contributed by atoms with E-state index in [4.69, 9.17) is 27.9 Å². The van der Waals surface area contributed by atoms with Crippen LogP contribution in [0.3, 0.4) is 0 Å². The highest BCUT2D eigenvalue weighted by atomic mass is 35.5. The number of hydrogen-bond donors (Lipinski definition) is 0. The summed E-state index contributed by atoms with van der Waals surface area (Å²) in [6.07, 6.45) is 8.35. The van der Waals surface area contributed by atoms with Crippen molar-refractivity contribution in [3.05, 3.63) is 46.0 Å². The molecule has 0 fully saturated rings. The van der Waals surface area contributed by atoms with Crippen LogP contribution in [0.5, 0.6) is 5.75 Å². The van der Waals surface area contributed by atoms with Crippen LogP contribution in [0.25, 0.3) is 5.57 Å². The van der Waals surface area contributed by atoms with Crippen molar-refractivity contribution in [2.45, 2.75) is 12.8 Å². The van der Waals surface area contributed by atoms with E-state index in [0.29, 0.717) is 15.8 Å². The first kappa shape index (κ1) is 11.6. The van der Waals surface area contributed by atoms with Crippen LogP contribution in [0.1, 0.15) is 18.4 Å². The van der Waals surface area contributed by atoms with Gasteiger partial charge in [0.05, 0.1) is 12.1 Å². The third-order valence-corrected chi connectivity index (χ3v) is 3.40. The Kier molecular flexibility index (Phi) is 3.57. The molecule has 0 spiro atoms. The van der Waals surface area contributed by atoms with Gasteiger partial charge in [0.15, 0.2) is 0 Å². The third kappa shape index (κ3) is 2.11. The lowest BCUT2D eigenvalue weighted by Gasteiger charge is -2.15. The molecule has 1 aliphatic carbocycles. The van der Waals surface area contributed by atoms with E-state index in [1.54, 1.807) is 13.2 Å². The third-order valence-electron chi connectivity index (χ3n) is 2.61. The molecule has 0 unspecified atom stereocenters. The van der Waals surface area contributed by atoms with E-state index in [2.05, 4.69) is 18.2 Å². The molecule has 0 radical (unpaired) electrons. The first-order valence-corrected chi connectivity index (χ1v) is 5.87. The van der Waals surface area contributed by atoms with Crippen LogP contribution < -0.4 is 4.74 Å². The molecule has 1 aromatic carbocycles. The number of ether oxygens (including phenoxy) is 1. The molecule has 0 saturated heterocycles. The zero-order valence-corrected chi connectivity index (χ0v) is 10.5. The number of rotatable bonds is 2. The Morgan fingerprint density at radius 1 is 1.25 bits per heavy atom. The lowest BCUT2D eigenvalue weighted by molar-refractivity contribution is 0.413. The Morgan fingerprint density at radius 2 is 2.06 bits per heavy atom. The van der Waals surface area contributed by atoms with Gasteiger partial charge in [-0.2, -0.15) is 0 Å². The second-order valence-corrected chi connectivity index (χ2v) is 4.39. The molecule has 2 rings (SSSR count). The topological polar surface area (TPSA) is 9.23 Å². The van der Waals surface area contributed by atoms with E-state index in [-0.39, 0.29) is 0 Å². The fourth-order valence-corrected chi connectivity index (χ4v) is 2.20. The Bertz CT molecular complexity index is 461. The van der Waals surface area contributed by atoms with Gasteiger partial charge in [-0.3, -0.25) is 0 Å². The molecule has 0 bridgehead atoms. The fraction of sp³-hybridized carbons (Fsp3) is 0.231. The lowest BCUT2D eigenvalue weighted by Crippen LogP contribution is -1.94. The number of benzene rings is 1. The highest BCUT2D eigenvalue weighted by Gasteiger charge is 2.14. The van der Waals surface area contributed by atoms with Gasteiger partial charge in [-0.15, -0.1) is 0 Å². The molecule has 3 heteroatoms. The average Bonchev–Trinajstić information content (AvgIpc) is 2.33. The number of allylic oxidation sites excluding steroid dienone is 4. The van der Waals surface area contributed by atoms with Gasteiger partial charge in [0.2, 0.25) is 0 Å². The minimum absolute atomic E-state index is 0.483. The molecular formula is C13H12Cl2O. The van der Waals surface area contributed by atoms with Crippen LogP contribution in [0.2, 0.25) is 10.0 Å². The maximum atomic E-state index is 6.12. The summed E-state index contributed by atoms with van der Waals surface area (Å²) in [5.41, 5.74) is 2.26. The molecule has 1 aromatic rings. The minimum Gasteiger partial charge on any atom is -0.494 e. The quantitative estimate of drug-likeness (QED) is 0.741. The first-order chi connectivity index (χ1) is 7.74. The van der Waals surface area contributed by atoms with Gasteiger partial charge in [0.25, 0.3) is 0 Å². The van der Waals surface area contributed by atoms with E-state index in [1.165, 1.54) is 5.57 Å². The number of hydrogen-bond acceptors (Lipinski definition) is 1. The van der Waals surface area contributed by atoms with E-state index in [0.717, 1.165) is 18.4 Å². The Labute approximate surface area is 105 Å². The second kappa shape index (κ2) is 4.94. The van der Waals surface area contributed by atoms with Gasteiger partial charge < -0.3 is 4.74 Å². The van der Waals surface area contributed by atoms with Crippen molar-refractivity contribution in [1.82, 2.24) is 0 Å². The molecule has 16 heavy (non-hydrogen) atoms. The fourth-order valence-electron chi connectivity index (χ4n) is 1.81. The summed E-state index contributed by atoms with van der Waals surface area (Å²) in [6, 6.07) is 3.76. The van der Waals surface area contributed by atoms with Crippen LogP contribution in [0.15, 0.2) is 30.4 Å². The van der Waals surface area contributed by atoms with E-state index in [9.17, 15) is 0 Å². The maximum Gasteiger partial charge on any atom is 0.146 e. The molecule has 0 atom stereocenters. The Morgan fingerprint density at radius 3 is 2.69 bits per heavy atom. The molecule has 0 N–H and O–H groups in total. The first-order valence-electron chi connectivity index (χ1n) is 5.12. The van der Waals surface area contributed by atoms with Crippen molar-refractivity contribution in [3.63, 3.8) is 0 Å². The van der Waals surface area contributed by atoms with Crippen molar-refractivity contribution < 1.29 is 4.74 Å². The standard InChI is InChI=1S/C13H12Cl2O/c1-16-13-10(7-8-11(14)12(13)15)9-5-3-2-4-6-9/h2-3,5,7-8H,4,6H2,1H3. The normalized spacial score (nSPS) is 14.8. The number of methoxy groups -OCH3 is 1. The van der Waals surface area contributed by atoms with E-state index < -0.39 is 0 Å². The molecule has 0 saturated carbocycles. The molecule has 0 aliphatic heterocycles. The molecular weight excluding hydrogens is 243 g/mol. The van der Waals surface area contributed by atoms with Crippen molar-refractivity contribution in [2.75, 3.05) is 7.11 Å². The van der Waals surface area contributed by atoms with Crippen molar-refractivity contribution >= 4 is 28.8 Å². The summed E-state index contributed by atoms with van der Waals surface area (Å²) in [7, 11) is 1.61. The maximum absolute atomic E-state index is 6.12. The summed E-state index contributed by atoms with van der Waals surface area (Å²) in [6.45, 7) is 0. The summed E-state index contributed by atoms with van der Waals surface area (Å²) in [4.78, 5) is 0. The van der Waals surface area contributed by atoms with Gasteiger partial charge >= 0.3 is 0 Å². The molecule has 0 aromatic heterocycles. The molecule has 0 heterocycles. The van der Waals surface area contributed by atoms with Crippen LogP contribution in [-0.2, 0) is 0 Å². The Balaban J connectivity index is 2.52. The summed E-state index contributed by atoms with van der Waals surface area (Å²) >= 11 is 12.1. The van der Waals surface area contributed by atoms with E-state index in [1.807, 2.05) is 6.07 Å². The lowest BCUT2D eigenvalue weighted by atomic mass is 9.97.